The highest BCUT2D eigenvalue weighted by Crippen LogP contribution is 2.46. The van der Waals surface area contributed by atoms with Gasteiger partial charge in [-0.2, -0.15) is 0 Å². The molecule has 0 spiro atoms. The van der Waals surface area contributed by atoms with Crippen LogP contribution in [0.4, 0.5) is 4.79 Å². The van der Waals surface area contributed by atoms with Crippen molar-refractivity contribution >= 4 is 12.1 Å². The van der Waals surface area contributed by atoms with Crippen molar-refractivity contribution in [2.45, 2.75) is 51.7 Å². The quantitative estimate of drug-likeness (QED) is 0.773. The van der Waals surface area contributed by atoms with Gasteiger partial charge in [-0.25, -0.2) is 9.59 Å². The molecule has 0 aromatic heterocycles. The lowest BCUT2D eigenvalue weighted by atomic mass is 10.1. The van der Waals surface area contributed by atoms with E-state index >= 15 is 0 Å². The second-order valence-electron chi connectivity index (χ2n) is 5.21. The van der Waals surface area contributed by atoms with Crippen LogP contribution in [-0.2, 0) is 9.53 Å². The molecular formula is C11H19NO4. The van der Waals surface area contributed by atoms with E-state index in [1.165, 1.54) is 0 Å². The third-order valence-electron chi connectivity index (χ3n) is 2.70. The average molecular weight is 229 g/mol. The van der Waals surface area contributed by atoms with Gasteiger partial charge in [0.1, 0.15) is 11.1 Å². The highest BCUT2D eigenvalue weighted by Gasteiger charge is 2.61. The minimum absolute atomic E-state index is 0.0116. The number of amides is 1. The summed E-state index contributed by atoms with van der Waals surface area (Å²) in [5.41, 5.74) is -1.71. The number of rotatable bonds is 3. The molecule has 1 fully saturated rings. The summed E-state index contributed by atoms with van der Waals surface area (Å²) in [6, 6.07) is 0. The molecule has 0 heterocycles. The molecule has 92 valence electrons. The first-order valence-corrected chi connectivity index (χ1v) is 5.46. The lowest BCUT2D eigenvalue weighted by Gasteiger charge is -2.22. The Hall–Kier alpha value is -1.26. The molecule has 0 bridgehead atoms. The van der Waals surface area contributed by atoms with Crippen molar-refractivity contribution in [3.8, 4) is 0 Å². The van der Waals surface area contributed by atoms with E-state index < -0.39 is 23.2 Å². The van der Waals surface area contributed by atoms with Crippen molar-refractivity contribution in [2.24, 2.45) is 5.92 Å². The Morgan fingerprint density at radius 3 is 2.38 bits per heavy atom. The number of carboxylic acid groups (broad SMARTS) is 1. The lowest BCUT2D eigenvalue weighted by Crippen LogP contribution is -2.46. The molecule has 1 rings (SSSR count). The first-order chi connectivity index (χ1) is 7.21. The molecule has 0 aromatic rings. The standard InChI is InChI=1S/C11H19NO4/c1-5-7-6-11(7,8(13)14)12-9(15)16-10(2,3)4/h7H,5-6H2,1-4H3,(H,12,15)(H,13,14)/t7-,11+/m0/s1. The minimum atomic E-state index is -1.10. The summed E-state index contributed by atoms with van der Waals surface area (Å²) in [6.45, 7) is 7.13. The Morgan fingerprint density at radius 2 is 2.06 bits per heavy atom. The number of carbonyl (C=O) groups excluding carboxylic acids is 1. The molecule has 16 heavy (non-hydrogen) atoms. The molecule has 5 heteroatoms. The largest absolute Gasteiger partial charge is 0.479 e. The third kappa shape index (κ3) is 2.65. The van der Waals surface area contributed by atoms with E-state index in [4.69, 9.17) is 9.84 Å². The number of aliphatic carboxylic acids is 1. The fourth-order valence-corrected chi connectivity index (χ4v) is 1.78. The maximum atomic E-state index is 11.5. The van der Waals surface area contributed by atoms with Crippen LogP contribution < -0.4 is 5.32 Å². The van der Waals surface area contributed by atoms with Gasteiger partial charge in [0.25, 0.3) is 0 Å². The summed E-state index contributed by atoms with van der Waals surface area (Å²) in [5.74, 6) is -0.970. The first kappa shape index (κ1) is 12.8. The van der Waals surface area contributed by atoms with Crippen molar-refractivity contribution in [1.82, 2.24) is 5.32 Å². The van der Waals surface area contributed by atoms with E-state index in [0.29, 0.717) is 6.42 Å². The average Bonchev–Trinajstić information content (AvgIpc) is 2.76. The van der Waals surface area contributed by atoms with Crippen molar-refractivity contribution in [3.05, 3.63) is 0 Å². The maximum Gasteiger partial charge on any atom is 0.408 e. The molecule has 0 aromatic carbocycles. The normalized spacial score (nSPS) is 28.4. The molecule has 1 aliphatic carbocycles. The molecule has 2 atom stereocenters. The molecule has 1 saturated carbocycles. The molecule has 1 amide bonds. The van der Waals surface area contributed by atoms with Gasteiger partial charge in [0.2, 0.25) is 0 Å². The molecule has 1 aliphatic rings. The van der Waals surface area contributed by atoms with Crippen LogP contribution in [0, 0.1) is 5.92 Å². The molecule has 0 aliphatic heterocycles. The van der Waals surface area contributed by atoms with Crippen molar-refractivity contribution in [3.63, 3.8) is 0 Å². The number of hydrogen-bond donors (Lipinski definition) is 2. The highest BCUT2D eigenvalue weighted by atomic mass is 16.6. The maximum absolute atomic E-state index is 11.5. The fourth-order valence-electron chi connectivity index (χ4n) is 1.78. The molecule has 5 nitrogen and oxygen atoms in total. The van der Waals surface area contributed by atoms with Crippen LogP contribution >= 0.6 is 0 Å². The van der Waals surface area contributed by atoms with Crippen molar-refractivity contribution < 1.29 is 19.4 Å². The van der Waals surface area contributed by atoms with Crippen LogP contribution in [0.2, 0.25) is 0 Å². The van der Waals surface area contributed by atoms with E-state index in [1.54, 1.807) is 20.8 Å². The Balaban J connectivity index is 2.59. The second kappa shape index (κ2) is 3.96. The molecule has 0 unspecified atom stereocenters. The van der Waals surface area contributed by atoms with Gasteiger partial charge in [0.15, 0.2) is 0 Å². The molecule has 2 N–H and O–H groups in total. The Morgan fingerprint density at radius 1 is 1.50 bits per heavy atom. The van der Waals surface area contributed by atoms with E-state index in [1.807, 2.05) is 6.92 Å². The summed E-state index contributed by atoms with van der Waals surface area (Å²) in [6.07, 6.45) is 0.561. The smallest absolute Gasteiger partial charge is 0.408 e. The van der Waals surface area contributed by atoms with Crippen LogP contribution in [0.25, 0.3) is 0 Å². The molecule has 0 saturated heterocycles. The summed E-state index contributed by atoms with van der Waals surface area (Å²) in [7, 11) is 0. The number of hydrogen-bond acceptors (Lipinski definition) is 3. The van der Waals surface area contributed by atoms with Gasteiger partial charge in [-0.1, -0.05) is 13.3 Å². The Kier molecular flexibility index (Phi) is 3.17. The molecular weight excluding hydrogens is 210 g/mol. The van der Waals surface area contributed by atoms with E-state index in [0.717, 1.165) is 6.42 Å². The Labute approximate surface area is 95.2 Å². The van der Waals surface area contributed by atoms with Gasteiger partial charge in [0.05, 0.1) is 0 Å². The van der Waals surface area contributed by atoms with E-state index in [2.05, 4.69) is 5.32 Å². The zero-order chi connectivity index (χ0) is 12.6. The van der Waals surface area contributed by atoms with Crippen LogP contribution in [0.15, 0.2) is 0 Å². The lowest BCUT2D eigenvalue weighted by molar-refractivity contribution is -0.141. The van der Waals surface area contributed by atoms with E-state index in [-0.39, 0.29) is 5.92 Å². The monoisotopic (exact) mass is 229 g/mol. The van der Waals surface area contributed by atoms with Crippen LogP contribution in [0.1, 0.15) is 40.5 Å². The predicted octanol–water partition coefficient (Wildman–Crippen LogP) is 1.76. The van der Waals surface area contributed by atoms with Crippen molar-refractivity contribution in [1.29, 1.82) is 0 Å². The number of carbonyl (C=O) groups is 2. The number of ether oxygens (including phenoxy) is 1. The Bertz CT molecular complexity index is 308. The number of nitrogens with one attached hydrogen (secondary N) is 1. The number of carboxylic acids is 1. The van der Waals surface area contributed by atoms with Gasteiger partial charge < -0.3 is 15.2 Å². The van der Waals surface area contributed by atoms with Crippen LogP contribution in [0.3, 0.4) is 0 Å². The SMILES string of the molecule is CC[C@H]1C[C@]1(NC(=O)OC(C)(C)C)C(=O)O. The van der Waals surface area contributed by atoms with E-state index in [9.17, 15) is 9.59 Å². The van der Waals surface area contributed by atoms with Gasteiger partial charge in [0, 0.05) is 0 Å². The van der Waals surface area contributed by atoms with Gasteiger partial charge in [-0.3, -0.25) is 0 Å². The first-order valence-electron chi connectivity index (χ1n) is 5.46. The van der Waals surface area contributed by atoms with Gasteiger partial charge >= 0.3 is 12.1 Å². The van der Waals surface area contributed by atoms with Crippen LogP contribution in [-0.4, -0.2) is 28.3 Å². The topological polar surface area (TPSA) is 75.6 Å². The molecule has 0 radical (unpaired) electrons. The zero-order valence-corrected chi connectivity index (χ0v) is 10.2. The van der Waals surface area contributed by atoms with Crippen LogP contribution in [0.5, 0.6) is 0 Å². The van der Waals surface area contributed by atoms with Crippen molar-refractivity contribution in [2.75, 3.05) is 0 Å². The summed E-state index contributed by atoms with van der Waals surface area (Å²) < 4.78 is 5.04. The number of alkyl carbamates (subject to hydrolysis) is 1. The second-order valence-corrected chi connectivity index (χ2v) is 5.21. The minimum Gasteiger partial charge on any atom is -0.479 e. The van der Waals surface area contributed by atoms with Gasteiger partial charge in [-0.15, -0.1) is 0 Å². The summed E-state index contributed by atoms with van der Waals surface area (Å²) >= 11 is 0. The van der Waals surface area contributed by atoms with Gasteiger partial charge in [-0.05, 0) is 33.1 Å². The highest BCUT2D eigenvalue weighted by molar-refractivity contribution is 5.88. The predicted molar refractivity (Wildman–Crippen MR) is 58.1 cm³/mol. The summed E-state index contributed by atoms with van der Waals surface area (Å²) in [4.78, 5) is 22.6. The zero-order valence-electron chi connectivity index (χ0n) is 10.2. The fraction of sp³-hybridized carbons (Fsp3) is 0.818. The third-order valence-corrected chi connectivity index (χ3v) is 2.70. The summed E-state index contributed by atoms with van der Waals surface area (Å²) in [5, 5.41) is 11.5.